The predicted octanol–water partition coefficient (Wildman–Crippen LogP) is 2.11. The van der Waals surface area contributed by atoms with Crippen molar-refractivity contribution in [1.82, 2.24) is 31.2 Å². The zero-order valence-corrected chi connectivity index (χ0v) is 38.3. The van der Waals surface area contributed by atoms with Gasteiger partial charge >= 0.3 is 0 Å². The molecular formula is C48H61N11O7. The third-order valence-corrected chi connectivity index (χ3v) is 11.1. The van der Waals surface area contributed by atoms with Gasteiger partial charge in [0.05, 0.1) is 23.0 Å². The van der Waals surface area contributed by atoms with Gasteiger partial charge in [-0.2, -0.15) is 5.26 Å². The zero-order chi connectivity index (χ0) is 48.3. The first-order valence-electron chi connectivity index (χ1n) is 21.8. The molecule has 0 saturated heterocycles. The van der Waals surface area contributed by atoms with Crippen molar-refractivity contribution in [3.05, 3.63) is 94.7 Å². The SMILES string of the molecule is Cc1nc(-c2ccc(C(C)(C)C)cc2)cc(N)c1C(=O)N[C@@H](CCN)C(=O)N(C)[C@@H]1C(=O)N[C@@H](C)C(=O)N[C@H](C(=O)NCC#N)Cc2ccc(OCCN)c(c2)-c2cc1ccc2OCCN. The van der Waals surface area contributed by atoms with E-state index in [0.717, 1.165) is 11.1 Å². The molecule has 66 heavy (non-hydrogen) atoms. The van der Waals surface area contributed by atoms with Crippen LogP contribution in [0.2, 0.25) is 0 Å². The second-order valence-corrected chi connectivity index (χ2v) is 17.1. The minimum absolute atomic E-state index is 0.00251. The molecule has 0 aliphatic carbocycles. The van der Waals surface area contributed by atoms with Crippen molar-refractivity contribution in [2.24, 2.45) is 17.2 Å². The van der Waals surface area contributed by atoms with Gasteiger partial charge in [-0.15, -0.1) is 0 Å². The van der Waals surface area contributed by atoms with Gasteiger partial charge in [0, 0.05) is 48.9 Å². The lowest BCUT2D eigenvalue weighted by atomic mass is 9.86. The number of nitrogens with two attached hydrogens (primary N) is 4. The van der Waals surface area contributed by atoms with Crippen molar-refractivity contribution >= 4 is 35.2 Å². The fourth-order valence-corrected chi connectivity index (χ4v) is 7.64. The Hall–Kier alpha value is -7.07. The highest BCUT2D eigenvalue weighted by molar-refractivity contribution is 6.03. The molecule has 18 nitrogen and oxygen atoms in total. The fraction of sp³-hybridized carbons (Fsp3) is 0.396. The smallest absolute Gasteiger partial charge is 0.255 e. The number of amides is 5. The summed E-state index contributed by atoms with van der Waals surface area (Å²) in [5.74, 6) is -2.69. The molecule has 4 atom stereocenters. The maximum atomic E-state index is 14.7. The second-order valence-electron chi connectivity index (χ2n) is 17.1. The Morgan fingerprint density at radius 3 is 2.14 bits per heavy atom. The average Bonchev–Trinajstić information content (AvgIpc) is 3.28. The summed E-state index contributed by atoms with van der Waals surface area (Å²) in [6.45, 7) is 9.78. The minimum atomic E-state index is -1.42. The number of anilines is 1. The summed E-state index contributed by atoms with van der Waals surface area (Å²) in [4.78, 5) is 76.3. The van der Waals surface area contributed by atoms with Crippen molar-refractivity contribution in [2.75, 3.05) is 52.2 Å². The monoisotopic (exact) mass is 903 g/mol. The third kappa shape index (κ3) is 12.0. The largest absolute Gasteiger partial charge is 0.492 e. The Bertz CT molecular complexity index is 2440. The number of hydrogen-bond donors (Lipinski definition) is 8. The number of nitrogens with zero attached hydrogens (tertiary/aromatic N) is 3. The molecule has 0 unspecified atom stereocenters. The van der Waals surface area contributed by atoms with Crippen LogP contribution in [0, 0.1) is 18.3 Å². The standard InChI is InChI=1S/C48H61N11O7/c1-27-41(35(53)26-37(55-27)30-8-11-32(12-9-30)48(3,4)5)45(62)57-36(15-16-49)47(64)59(6)42-31-10-14-40(66-22-19-52)34(25-31)33-23-29(7-13-39(33)65-21-18-51)24-38(44(61)54-20-17-50)58-43(60)28(2)56-46(42)63/h7-14,23,25-26,28,36,38,42H,15-16,18-22,24,49,51-52H2,1-6H3,(H2,53,55)(H,54,61)(H,56,63)(H,57,62)(H,58,60)/t28-,36-,38-,42-/m0/s1. The molecule has 3 aromatic carbocycles. The van der Waals surface area contributed by atoms with E-state index >= 15 is 0 Å². The van der Waals surface area contributed by atoms with Gasteiger partial charge in [0.15, 0.2) is 0 Å². The molecule has 0 saturated carbocycles. The van der Waals surface area contributed by atoms with E-state index in [2.05, 4.69) is 42.0 Å². The number of nitrogen functional groups attached to an aromatic ring is 1. The molecule has 5 amide bonds. The van der Waals surface area contributed by atoms with Crippen LogP contribution in [0.3, 0.4) is 0 Å². The van der Waals surface area contributed by atoms with Crippen molar-refractivity contribution in [1.29, 1.82) is 5.26 Å². The van der Waals surface area contributed by atoms with Crippen LogP contribution >= 0.6 is 0 Å². The van der Waals surface area contributed by atoms with Crippen LogP contribution in [0.15, 0.2) is 66.7 Å². The van der Waals surface area contributed by atoms with Gasteiger partial charge in [0.25, 0.3) is 5.91 Å². The van der Waals surface area contributed by atoms with Gasteiger partial charge < -0.3 is 58.6 Å². The fourth-order valence-electron chi connectivity index (χ4n) is 7.64. The van der Waals surface area contributed by atoms with Crippen molar-refractivity contribution < 1.29 is 33.4 Å². The van der Waals surface area contributed by atoms with Crippen LogP contribution < -0.4 is 53.7 Å². The van der Waals surface area contributed by atoms with E-state index in [1.807, 2.05) is 30.3 Å². The van der Waals surface area contributed by atoms with Crippen LogP contribution in [0.1, 0.15) is 72.9 Å². The Morgan fingerprint density at radius 1 is 0.909 bits per heavy atom. The summed E-state index contributed by atoms with van der Waals surface area (Å²) in [5.41, 5.74) is 29.1. The van der Waals surface area contributed by atoms with Gasteiger partial charge in [-0.05, 0) is 79.3 Å². The molecule has 5 rings (SSSR count). The molecule has 18 heteroatoms. The molecule has 1 aliphatic heterocycles. The number of benzene rings is 3. The molecule has 1 aromatic heterocycles. The van der Waals surface area contributed by atoms with E-state index in [-0.39, 0.29) is 68.9 Å². The predicted molar refractivity (Wildman–Crippen MR) is 251 cm³/mol. The number of carbonyl (C=O) groups excluding carboxylic acids is 5. The average molecular weight is 904 g/mol. The number of pyridine rings is 1. The molecule has 350 valence electrons. The van der Waals surface area contributed by atoms with Crippen LogP contribution in [0.5, 0.6) is 11.5 Å². The lowest BCUT2D eigenvalue weighted by molar-refractivity contribution is -0.141. The normalized spacial score (nSPS) is 16.6. The Labute approximate surface area is 385 Å². The summed E-state index contributed by atoms with van der Waals surface area (Å²) in [6.07, 6.45) is -0.0227. The first-order chi connectivity index (χ1) is 31.4. The third-order valence-electron chi connectivity index (χ3n) is 11.1. The van der Waals surface area contributed by atoms with Crippen molar-refractivity contribution in [2.45, 2.75) is 77.0 Å². The van der Waals surface area contributed by atoms with Gasteiger partial charge in [0.2, 0.25) is 23.6 Å². The number of fused-ring (bicyclic) bond motifs is 5. The molecule has 4 aromatic rings. The quantitative estimate of drug-likeness (QED) is 0.0795. The number of aromatic nitrogens is 1. The van der Waals surface area contributed by atoms with Gasteiger partial charge in [-0.25, -0.2) is 0 Å². The summed E-state index contributed by atoms with van der Waals surface area (Å²) in [5, 5.41) is 19.9. The first kappa shape index (κ1) is 49.9. The Balaban J connectivity index is 1.57. The van der Waals surface area contributed by atoms with Crippen LogP contribution in [0.25, 0.3) is 22.4 Å². The summed E-state index contributed by atoms with van der Waals surface area (Å²) in [6, 6.07) is 16.5. The topological polar surface area (TPSA) is 296 Å². The number of rotatable bonds is 15. The molecule has 0 fully saturated rings. The van der Waals surface area contributed by atoms with Crippen molar-refractivity contribution in [3.63, 3.8) is 0 Å². The lowest BCUT2D eigenvalue weighted by Gasteiger charge is -2.32. The molecule has 2 heterocycles. The number of hydrogen-bond acceptors (Lipinski definition) is 13. The van der Waals surface area contributed by atoms with Crippen LogP contribution in [-0.2, 0) is 31.0 Å². The highest BCUT2D eigenvalue weighted by Crippen LogP contribution is 2.40. The van der Waals surface area contributed by atoms with E-state index < -0.39 is 53.7 Å². The summed E-state index contributed by atoms with van der Waals surface area (Å²) < 4.78 is 12.2. The molecule has 1 aliphatic rings. The second kappa shape index (κ2) is 22.2. The Kier molecular flexibility index (Phi) is 16.8. The number of likely N-dealkylation sites (N-methyl/N-ethyl adjacent to an activating group) is 1. The van der Waals surface area contributed by atoms with Gasteiger partial charge in [0.1, 0.15) is 55.4 Å². The molecular weight excluding hydrogens is 843 g/mol. The minimum Gasteiger partial charge on any atom is -0.492 e. The number of ether oxygens (including phenoxy) is 2. The zero-order valence-electron chi connectivity index (χ0n) is 38.3. The lowest BCUT2D eigenvalue weighted by Crippen LogP contribution is -2.56. The van der Waals surface area contributed by atoms with E-state index in [1.54, 1.807) is 49.4 Å². The summed E-state index contributed by atoms with van der Waals surface area (Å²) >= 11 is 0. The number of nitriles is 1. The Morgan fingerprint density at radius 2 is 1.55 bits per heavy atom. The molecule has 4 bridgehead atoms. The van der Waals surface area contributed by atoms with E-state index in [1.165, 1.54) is 18.9 Å². The highest BCUT2D eigenvalue weighted by atomic mass is 16.5. The molecule has 0 radical (unpaired) electrons. The number of nitrogens with one attached hydrogen (secondary N) is 4. The van der Waals surface area contributed by atoms with E-state index in [4.69, 9.17) is 42.7 Å². The van der Waals surface area contributed by atoms with Gasteiger partial charge in [-0.3, -0.25) is 29.0 Å². The number of aryl methyl sites for hydroxylation is 1. The van der Waals surface area contributed by atoms with Gasteiger partial charge in [-0.1, -0.05) is 57.2 Å². The van der Waals surface area contributed by atoms with Crippen LogP contribution in [-0.4, -0.2) is 104 Å². The highest BCUT2D eigenvalue weighted by Gasteiger charge is 2.36. The van der Waals surface area contributed by atoms with E-state index in [0.29, 0.717) is 45.1 Å². The molecule has 12 N–H and O–H groups in total. The number of carbonyl (C=O) groups is 5. The van der Waals surface area contributed by atoms with Crippen molar-refractivity contribution in [3.8, 4) is 40.0 Å². The molecule has 0 spiro atoms. The van der Waals surface area contributed by atoms with E-state index in [9.17, 15) is 24.0 Å². The maximum absolute atomic E-state index is 14.7. The summed E-state index contributed by atoms with van der Waals surface area (Å²) in [7, 11) is 1.40. The van der Waals surface area contributed by atoms with Crippen LogP contribution in [0.4, 0.5) is 5.69 Å². The first-order valence-corrected chi connectivity index (χ1v) is 21.8. The maximum Gasteiger partial charge on any atom is 0.255 e.